The molecule has 0 aromatic heterocycles. The zero-order valence-corrected chi connectivity index (χ0v) is 9.56. The van der Waals surface area contributed by atoms with Crippen molar-refractivity contribution in [3.63, 3.8) is 0 Å². The van der Waals surface area contributed by atoms with E-state index in [1.54, 1.807) is 0 Å². The maximum absolute atomic E-state index is 3.18. The van der Waals surface area contributed by atoms with Gasteiger partial charge in [0.15, 0.2) is 0 Å². The molecule has 14 heavy (non-hydrogen) atoms. The van der Waals surface area contributed by atoms with E-state index in [4.69, 9.17) is 0 Å². The fourth-order valence-corrected chi connectivity index (χ4v) is 1.84. The first kappa shape index (κ1) is 11.3. The van der Waals surface area contributed by atoms with Gasteiger partial charge >= 0.3 is 0 Å². The van der Waals surface area contributed by atoms with Gasteiger partial charge in [-0.2, -0.15) is 0 Å². The first-order chi connectivity index (χ1) is 6.72. The van der Waals surface area contributed by atoms with Gasteiger partial charge < -0.3 is 5.32 Å². The van der Waals surface area contributed by atoms with Crippen LogP contribution in [0, 0.1) is 13.8 Å². The third kappa shape index (κ3) is 3.93. The zero-order valence-electron chi connectivity index (χ0n) is 9.56. The lowest BCUT2D eigenvalue weighted by atomic mass is 10.0. The second-order valence-electron chi connectivity index (χ2n) is 4.06. The molecule has 0 fully saturated rings. The number of rotatable bonds is 5. The molecule has 1 N–H and O–H groups in total. The van der Waals surface area contributed by atoms with Crippen LogP contribution in [0.2, 0.25) is 0 Å². The number of benzene rings is 1. The maximum atomic E-state index is 3.18. The highest BCUT2D eigenvalue weighted by Gasteiger charge is 1.95. The molecular formula is C13H21N. The first-order valence-electron chi connectivity index (χ1n) is 5.44. The Bertz CT molecular complexity index is 258. The molecule has 0 spiro atoms. The molecule has 78 valence electrons. The van der Waals surface area contributed by atoms with E-state index in [0.29, 0.717) is 0 Å². The van der Waals surface area contributed by atoms with E-state index in [1.807, 2.05) is 7.05 Å². The van der Waals surface area contributed by atoms with Crippen molar-refractivity contribution < 1.29 is 0 Å². The Labute approximate surface area is 87.5 Å². The lowest BCUT2D eigenvalue weighted by molar-refractivity contribution is 0.677. The van der Waals surface area contributed by atoms with Crippen LogP contribution in [0.15, 0.2) is 18.2 Å². The zero-order chi connectivity index (χ0) is 10.4. The summed E-state index contributed by atoms with van der Waals surface area (Å²) >= 11 is 0. The molecule has 0 radical (unpaired) electrons. The van der Waals surface area contributed by atoms with E-state index in [9.17, 15) is 0 Å². The summed E-state index contributed by atoms with van der Waals surface area (Å²) in [4.78, 5) is 0. The van der Waals surface area contributed by atoms with Crippen molar-refractivity contribution in [3.05, 3.63) is 34.9 Å². The third-order valence-electron chi connectivity index (χ3n) is 2.42. The predicted octanol–water partition coefficient (Wildman–Crippen LogP) is 2.85. The van der Waals surface area contributed by atoms with E-state index in [2.05, 4.69) is 37.4 Å². The average Bonchev–Trinajstić information content (AvgIpc) is 2.11. The molecule has 0 aliphatic rings. The van der Waals surface area contributed by atoms with Crippen LogP contribution in [0.5, 0.6) is 0 Å². The molecule has 0 saturated carbocycles. The number of unbranched alkanes of at least 4 members (excludes halogenated alkanes) is 1. The summed E-state index contributed by atoms with van der Waals surface area (Å²) in [6.07, 6.45) is 3.76. The number of hydrogen-bond donors (Lipinski definition) is 1. The van der Waals surface area contributed by atoms with Crippen molar-refractivity contribution in [1.82, 2.24) is 5.32 Å². The van der Waals surface area contributed by atoms with Gasteiger partial charge in [-0.25, -0.2) is 0 Å². The minimum absolute atomic E-state index is 1.13. The topological polar surface area (TPSA) is 12.0 Å². The summed E-state index contributed by atoms with van der Waals surface area (Å²) in [5.74, 6) is 0. The summed E-state index contributed by atoms with van der Waals surface area (Å²) in [5.41, 5.74) is 4.25. The molecule has 0 aliphatic carbocycles. The van der Waals surface area contributed by atoms with Gasteiger partial charge in [0.25, 0.3) is 0 Å². The van der Waals surface area contributed by atoms with Crippen LogP contribution in [0.3, 0.4) is 0 Å². The van der Waals surface area contributed by atoms with Crippen molar-refractivity contribution in [2.45, 2.75) is 33.1 Å². The molecule has 0 amide bonds. The van der Waals surface area contributed by atoms with Crippen LogP contribution >= 0.6 is 0 Å². The molecule has 1 aromatic carbocycles. The predicted molar refractivity (Wildman–Crippen MR) is 62.8 cm³/mol. The van der Waals surface area contributed by atoms with Gasteiger partial charge in [-0.1, -0.05) is 29.3 Å². The average molecular weight is 191 g/mol. The van der Waals surface area contributed by atoms with Crippen molar-refractivity contribution in [2.24, 2.45) is 0 Å². The monoisotopic (exact) mass is 191 g/mol. The van der Waals surface area contributed by atoms with E-state index in [1.165, 1.54) is 36.0 Å². The van der Waals surface area contributed by atoms with Crippen LogP contribution in [-0.2, 0) is 6.42 Å². The Hall–Kier alpha value is -0.820. The standard InChI is InChI=1S/C13H21N/c1-11-8-12(2)10-13(9-11)6-4-5-7-14-3/h8-10,14H,4-7H2,1-3H3. The molecule has 0 unspecified atom stereocenters. The van der Waals surface area contributed by atoms with Crippen molar-refractivity contribution in [3.8, 4) is 0 Å². The normalized spacial score (nSPS) is 10.5. The minimum Gasteiger partial charge on any atom is -0.320 e. The van der Waals surface area contributed by atoms with Gasteiger partial charge in [0.2, 0.25) is 0 Å². The summed E-state index contributed by atoms with van der Waals surface area (Å²) < 4.78 is 0. The molecule has 0 bridgehead atoms. The lowest BCUT2D eigenvalue weighted by Gasteiger charge is -2.04. The van der Waals surface area contributed by atoms with Gasteiger partial charge in [-0.3, -0.25) is 0 Å². The Morgan fingerprint density at radius 1 is 1.00 bits per heavy atom. The number of aryl methyl sites for hydroxylation is 3. The first-order valence-corrected chi connectivity index (χ1v) is 5.44. The summed E-state index contributed by atoms with van der Waals surface area (Å²) in [6, 6.07) is 6.83. The van der Waals surface area contributed by atoms with Crippen molar-refractivity contribution in [2.75, 3.05) is 13.6 Å². The van der Waals surface area contributed by atoms with Crippen LogP contribution in [0.4, 0.5) is 0 Å². The fourth-order valence-electron chi connectivity index (χ4n) is 1.84. The number of hydrogen-bond acceptors (Lipinski definition) is 1. The highest BCUT2D eigenvalue weighted by Crippen LogP contribution is 2.11. The second-order valence-corrected chi connectivity index (χ2v) is 4.06. The minimum atomic E-state index is 1.13. The Kier molecular flexibility index (Phi) is 4.68. The van der Waals surface area contributed by atoms with E-state index < -0.39 is 0 Å². The van der Waals surface area contributed by atoms with Gasteiger partial charge in [-0.05, 0) is 52.3 Å². The van der Waals surface area contributed by atoms with Crippen molar-refractivity contribution in [1.29, 1.82) is 0 Å². The molecule has 0 atom stereocenters. The quantitative estimate of drug-likeness (QED) is 0.706. The van der Waals surface area contributed by atoms with Crippen molar-refractivity contribution >= 4 is 0 Å². The van der Waals surface area contributed by atoms with Crippen LogP contribution in [0.1, 0.15) is 29.5 Å². The highest BCUT2D eigenvalue weighted by molar-refractivity contribution is 5.28. The third-order valence-corrected chi connectivity index (χ3v) is 2.42. The Morgan fingerprint density at radius 2 is 1.64 bits per heavy atom. The van der Waals surface area contributed by atoms with Crippen LogP contribution < -0.4 is 5.32 Å². The lowest BCUT2D eigenvalue weighted by Crippen LogP contribution is -2.07. The van der Waals surface area contributed by atoms with E-state index in [-0.39, 0.29) is 0 Å². The summed E-state index contributed by atoms with van der Waals surface area (Å²) in [7, 11) is 2.01. The fraction of sp³-hybridized carbons (Fsp3) is 0.538. The molecule has 1 heteroatoms. The van der Waals surface area contributed by atoms with E-state index >= 15 is 0 Å². The van der Waals surface area contributed by atoms with E-state index in [0.717, 1.165) is 6.54 Å². The van der Waals surface area contributed by atoms with Gasteiger partial charge in [0.1, 0.15) is 0 Å². The molecule has 0 aliphatic heterocycles. The largest absolute Gasteiger partial charge is 0.320 e. The molecule has 1 aromatic rings. The molecule has 0 heterocycles. The maximum Gasteiger partial charge on any atom is -0.00518 e. The second kappa shape index (κ2) is 5.82. The van der Waals surface area contributed by atoms with Crippen LogP contribution in [-0.4, -0.2) is 13.6 Å². The smallest absolute Gasteiger partial charge is 0.00518 e. The van der Waals surface area contributed by atoms with Gasteiger partial charge in [0.05, 0.1) is 0 Å². The highest BCUT2D eigenvalue weighted by atomic mass is 14.8. The number of nitrogens with one attached hydrogen (secondary N) is 1. The Morgan fingerprint density at radius 3 is 2.21 bits per heavy atom. The molecule has 1 rings (SSSR count). The molecular weight excluding hydrogens is 170 g/mol. The summed E-state index contributed by atoms with van der Waals surface area (Å²) in [6.45, 7) is 5.47. The summed E-state index contributed by atoms with van der Waals surface area (Å²) in [5, 5.41) is 3.18. The van der Waals surface area contributed by atoms with Gasteiger partial charge in [-0.15, -0.1) is 0 Å². The van der Waals surface area contributed by atoms with Crippen LogP contribution in [0.25, 0.3) is 0 Å². The molecule has 1 nitrogen and oxygen atoms in total. The molecule has 0 saturated heterocycles. The SMILES string of the molecule is CNCCCCc1cc(C)cc(C)c1. The van der Waals surface area contributed by atoms with Gasteiger partial charge in [0, 0.05) is 0 Å². The Balaban J connectivity index is 2.42.